The molecule has 0 aromatic heterocycles. The van der Waals surface area contributed by atoms with Crippen molar-refractivity contribution in [3.63, 3.8) is 0 Å². The first-order valence-electron chi connectivity index (χ1n) is 6.09. The van der Waals surface area contributed by atoms with Gasteiger partial charge in [0.25, 0.3) is 0 Å². The number of rotatable bonds is 7. The van der Waals surface area contributed by atoms with Gasteiger partial charge in [-0.3, -0.25) is 9.59 Å². The van der Waals surface area contributed by atoms with E-state index < -0.39 is 23.3 Å². The summed E-state index contributed by atoms with van der Waals surface area (Å²) in [6.07, 6.45) is 0.519. The molecule has 5 N–H and O–H groups in total. The molecule has 9 heteroatoms. The van der Waals surface area contributed by atoms with E-state index in [1.54, 1.807) is 6.92 Å². The van der Waals surface area contributed by atoms with E-state index in [4.69, 9.17) is 25.5 Å². The number of carboxylic acids is 2. The van der Waals surface area contributed by atoms with E-state index in [9.17, 15) is 14.4 Å². The van der Waals surface area contributed by atoms with Gasteiger partial charge in [-0.15, -0.1) is 0 Å². The molecule has 0 saturated carbocycles. The monoisotopic (exact) mass is 324 g/mol. The normalized spacial score (nSPS) is 9.32. The van der Waals surface area contributed by atoms with Crippen LogP contribution in [0, 0.1) is 5.41 Å². The van der Waals surface area contributed by atoms with Crippen LogP contribution in [0.4, 0.5) is 0 Å². The van der Waals surface area contributed by atoms with Crippen LogP contribution in [0.25, 0.3) is 0 Å². The van der Waals surface area contributed by atoms with E-state index in [1.165, 1.54) is 7.11 Å². The third kappa shape index (κ3) is 20.3. The molecule has 0 aliphatic heterocycles. The zero-order valence-corrected chi connectivity index (χ0v) is 12.7. The van der Waals surface area contributed by atoms with Crippen molar-refractivity contribution in [1.29, 1.82) is 0 Å². The van der Waals surface area contributed by atoms with E-state index >= 15 is 0 Å². The van der Waals surface area contributed by atoms with E-state index in [0.29, 0.717) is 0 Å². The highest BCUT2D eigenvalue weighted by molar-refractivity contribution is 5.80. The zero-order chi connectivity index (χ0) is 18.2. The summed E-state index contributed by atoms with van der Waals surface area (Å²) in [7, 11) is 1.31. The van der Waals surface area contributed by atoms with Gasteiger partial charge in [-0.2, -0.15) is 0 Å². The van der Waals surface area contributed by atoms with Gasteiger partial charge >= 0.3 is 17.9 Å². The first kappa shape index (κ1) is 25.0. The van der Waals surface area contributed by atoms with Crippen molar-refractivity contribution in [3.05, 3.63) is 12.7 Å². The number of hydrogen-bond acceptors (Lipinski definition) is 7. The fourth-order valence-corrected chi connectivity index (χ4v) is 0.447. The SMILES string of the molecule is C=CC(=O)OC.CC(CO)(CO)CO.O=C(O)CCC(=O)O. The minimum absolute atomic E-state index is 0.181. The van der Waals surface area contributed by atoms with Gasteiger partial charge in [0.2, 0.25) is 0 Å². The Kier molecular flexibility index (Phi) is 17.5. The van der Waals surface area contributed by atoms with Gasteiger partial charge in [-0.1, -0.05) is 13.5 Å². The number of hydrogen-bond donors (Lipinski definition) is 5. The quantitative estimate of drug-likeness (QED) is 0.299. The maximum absolute atomic E-state index is 9.84. The van der Waals surface area contributed by atoms with Crippen molar-refractivity contribution in [1.82, 2.24) is 0 Å². The molecule has 0 heterocycles. The van der Waals surface area contributed by atoms with Gasteiger partial charge in [-0.25, -0.2) is 4.79 Å². The number of esters is 1. The minimum Gasteiger partial charge on any atom is -0.481 e. The molecule has 9 nitrogen and oxygen atoms in total. The molecule has 0 amide bonds. The van der Waals surface area contributed by atoms with Gasteiger partial charge in [0, 0.05) is 11.5 Å². The van der Waals surface area contributed by atoms with Gasteiger partial charge in [0.15, 0.2) is 0 Å². The Morgan fingerprint density at radius 1 is 1.00 bits per heavy atom. The summed E-state index contributed by atoms with van der Waals surface area (Å²) in [5.41, 5.74) is -0.708. The lowest BCUT2D eigenvalue weighted by Crippen LogP contribution is -2.29. The van der Waals surface area contributed by atoms with Gasteiger partial charge in [0.1, 0.15) is 0 Å². The van der Waals surface area contributed by atoms with Gasteiger partial charge < -0.3 is 30.3 Å². The summed E-state index contributed by atoms with van der Waals surface area (Å²) in [6.45, 7) is 4.22. The molecule has 130 valence electrons. The van der Waals surface area contributed by atoms with Crippen LogP contribution in [0.3, 0.4) is 0 Å². The second-order valence-corrected chi connectivity index (χ2v) is 4.30. The smallest absolute Gasteiger partial charge is 0.329 e. The Bertz CT molecular complexity index is 312. The molecular weight excluding hydrogens is 300 g/mol. The van der Waals surface area contributed by atoms with Crippen LogP contribution >= 0.6 is 0 Å². The number of carboxylic acid groups (broad SMARTS) is 2. The number of carbonyl (C=O) groups excluding carboxylic acids is 1. The molecule has 0 aromatic rings. The summed E-state index contributed by atoms with van der Waals surface area (Å²) in [5.74, 6) is -2.55. The van der Waals surface area contributed by atoms with Crippen LogP contribution in [0.2, 0.25) is 0 Å². The second kappa shape index (κ2) is 15.4. The number of methoxy groups -OCH3 is 1. The maximum atomic E-state index is 9.84. The molecule has 0 bridgehead atoms. The molecule has 0 radical (unpaired) electrons. The van der Waals surface area contributed by atoms with Crippen molar-refractivity contribution in [2.45, 2.75) is 19.8 Å². The summed E-state index contributed by atoms with van der Waals surface area (Å²) < 4.78 is 4.14. The highest BCUT2D eigenvalue weighted by Crippen LogP contribution is 2.10. The fourth-order valence-electron chi connectivity index (χ4n) is 0.447. The van der Waals surface area contributed by atoms with E-state index in [0.717, 1.165) is 6.08 Å². The molecule has 0 aliphatic rings. The minimum atomic E-state index is -1.08. The maximum Gasteiger partial charge on any atom is 0.329 e. The lowest BCUT2D eigenvalue weighted by molar-refractivity contribution is -0.143. The topological polar surface area (TPSA) is 162 Å². The van der Waals surface area contributed by atoms with Crippen LogP contribution in [0.1, 0.15) is 19.8 Å². The number of aliphatic hydroxyl groups excluding tert-OH is 3. The van der Waals surface area contributed by atoms with Crippen LogP contribution in [0.15, 0.2) is 12.7 Å². The van der Waals surface area contributed by atoms with Crippen molar-refractivity contribution in [2.75, 3.05) is 26.9 Å². The first-order valence-corrected chi connectivity index (χ1v) is 6.09. The summed E-state index contributed by atoms with van der Waals surface area (Å²) in [4.78, 5) is 29.1. The molecular formula is C13H24O9. The highest BCUT2D eigenvalue weighted by atomic mass is 16.5. The largest absolute Gasteiger partial charge is 0.481 e. The lowest BCUT2D eigenvalue weighted by atomic mass is 9.95. The van der Waals surface area contributed by atoms with E-state index in [-0.39, 0.29) is 32.7 Å². The number of aliphatic carboxylic acids is 2. The lowest BCUT2D eigenvalue weighted by Gasteiger charge is -2.20. The van der Waals surface area contributed by atoms with Crippen molar-refractivity contribution in [2.24, 2.45) is 5.41 Å². The fraction of sp³-hybridized carbons (Fsp3) is 0.615. The zero-order valence-electron chi connectivity index (χ0n) is 12.7. The van der Waals surface area contributed by atoms with E-state index in [2.05, 4.69) is 11.3 Å². The van der Waals surface area contributed by atoms with Crippen LogP contribution in [0.5, 0.6) is 0 Å². The first-order chi connectivity index (χ1) is 10.1. The third-order valence-corrected chi connectivity index (χ3v) is 2.07. The molecule has 0 unspecified atom stereocenters. The molecule has 0 aromatic carbocycles. The van der Waals surface area contributed by atoms with Crippen molar-refractivity contribution >= 4 is 17.9 Å². The Morgan fingerprint density at radius 3 is 1.36 bits per heavy atom. The molecule has 0 rings (SSSR count). The Hall–Kier alpha value is -1.97. The predicted molar refractivity (Wildman–Crippen MR) is 76.1 cm³/mol. The van der Waals surface area contributed by atoms with Gasteiger partial charge in [0.05, 0.1) is 39.8 Å². The summed E-state index contributed by atoms with van der Waals surface area (Å²) in [5, 5.41) is 41.2. The molecule has 22 heavy (non-hydrogen) atoms. The third-order valence-electron chi connectivity index (χ3n) is 2.07. The van der Waals surface area contributed by atoms with Gasteiger partial charge in [-0.05, 0) is 0 Å². The average Bonchev–Trinajstić information content (AvgIpc) is 2.52. The Labute approximate surface area is 128 Å². The van der Waals surface area contributed by atoms with Crippen LogP contribution < -0.4 is 0 Å². The predicted octanol–water partition coefficient (Wildman–Crippen LogP) is -0.749. The molecule has 0 aliphatic carbocycles. The van der Waals surface area contributed by atoms with Crippen molar-refractivity contribution < 1.29 is 44.7 Å². The van der Waals surface area contributed by atoms with Crippen molar-refractivity contribution in [3.8, 4) is 0 Å². The Balaban J connectivity index is -0.000000249. The van der Waals surface area contributed by atoms with Crippen LogP contribution in [-0.4, -0.2) is 70.4 Å². The number of ether oxygens (including phenoxy) is 1. The molecule has 0 atom stereocenters. The second-order valence-electron chi connectivity index (χ2n) is 4.30. The Morgan fingerprint density at radius 2 is 1.32 bits per heavy atom. The van der Waals surface area contributed by atoms with E-state index in [1.807, 2.05) is 0 Å². The standard InChI is InChI=1S/C5H12O3.C4H6O4.C4H6O2/c1-5(2-6,3-7)4-8;5-3(6)1-2-4(7)8;1-3-4(5)6-2/h6-8H,2-4H2,1H3;1-2H2,(H,5,6)(H,7,8);3H,1H2,2H3. The number of aliphatic hydroxyl groups is 3. The molecule has 0 spiro atoms. The number of carbonyl (C=O) groups is 3. The average molecular weight is 324 g/mol. The highest BCUT2D eigenvalue weighted by Gasteiger charge is 2.20. The van der Waals surface area contributed by atoms with Crippen LogP contribution in [-0.2, 0) is 19.1 Å². The molecule has 0 saturated heterocycles. The molecule has 0 fully saturated rings. The summed E-state index contributed by atoms with van der Waals surface area (Å²) >= 11 is 0. The summed E-state index contributed by atoms with van der Waals surface area (Å²) in [6, 6.07) is 0.